The number of thioether (sulfide) groups is 1. The lowest BCUT2D eigenvalue weighted by molar-refractivity contribution is -0.385. The van der Waals surface area contributed by atoms with Gasteiger partial charge < -0.3 is 5.84 Å². The molecule has 0 fully saturated rings. The monoisotopic (exact) mass is 345 g/mol. The molecule has 0 bridgehead atoms. The van der Waals surface area contributed by atoms with Crippen molar-refractivity contribution in [2.24, 2.45) is 0 Å². The van der Waals surface area contributed by atoms with Gasteiger partial charge in [0.2, 0.25) is 5.16 Å². The number of aromatic nitrogens is 3. The first kappa shape index (κ1) is 15.9. The van der Waals surface area contributed by atoms with E-state index in [1.165, 1.54) is 28.6 Å². The van der Waals surface area contributed by atoms with Gasteiger partial charge in [0.05, 0.1) is 10.5 Å². The fourth-order valence-corrected chi connectivity index (χ4v) is 3.01. The Balaban J connectivity index is 1.83. The summed E-state index contributed by atoms with van der Waals surface area (Å²) < 4.78 is 15.0. The van der Waals surface area contributed by atoms with Crippen molar-refractivity contribution >= 4 is 17.4 Å². The molecular formula is C15H12FN5O2S. The van der Waals surface area contributed by atoms with Crippen LogP contribution in [0.5, 0.6) is 0 Å². The van der Waals surface area contributed by atoms with Crippen LogP contribution in [0.3, 0.4) is 0 Å². The molecule has 0 aliphatic carbocycles. The van der Waals surface area contributed by atoms with Gasteiger partial charge in [0.15, 0.2) is 5.82 Å². The Hall–Kier alpha value is -2.94. The molecule has 1 heterocycles. The maximum absolute atomic E-state index is 13.8. The lowest BCUT2D eigenvalue weighted by Gasteiger charge is -2.05. The van der Waals surface area contributed by atoms with Crippen LogP contribution in [0.15, 0.2) is 53.7 Å². The minimum atomic E-state index is -0.452. The van der Waals surface area contributed by atoms with E-state index in [-0.39, 0.29) is 17.1 Å². The maximum Gasteiger partial charge on any atom is 0.273 e. The molecule has 9 heteroatoms. The normalized spacial score (nSPS) is 10.7. The van der Waals surface area contributed by atoms with Crippen molar-refractivity contribution in [2.75, 3.05) is 5.84 Å². The Morgan fingerprint density at radius 3 is 2.62 bits per heavy atom. The fourth-order valence-electron chi connectivity index (χ4n) is 2.15. The molecule has 0 unspecified atom stereocenters. The van der Waals surface area contributed by atoms with Gasteiger partial charge in [0, 0.05) is 17.4 Å². The van der Waals surface area contributed by atoms with Crippen LogP contribution in [0.1, 0.15) is 5.56 Å². The minimum absolute atomic E-state index is 0.0300. The summed E-state index contributed by atoms with van der Waals surface area (Å²) in [5, 5.41) is 19.2. The first-order valence-corrected chi connectivity index (χ1v) is 7.87. The molecule has 7 nitrogen and oxygen atoms in total. The van der Waals surface area contributed by atoms with Gasteiger partial charge in [-0.3, -0.25) is 10.1 Å². The number of nitrogens with two attached hydrogens (primary N) is 1. The van der Waals surface area contributed by atoms with Gasteiger partial charge in [-0.15, -0.1) is 10.2 Å². The van der Waals surface area contributed by atoms with Gasteiger partial charge in [0.25, 0.3) is 5.69 Å². The average Bonchev–Trinajstić information content (AvgIpc) is 2.94. The molecule has 2 aromatic carbocycles. The molecule has 0 aliphatic heterocycles. The second kappa shape index (κ2) is 6.67. The van der Waals surface area contributed by atoms with Gasteiger partial charge in [-0.25, -0.2) is 9.07 Å². The van der Waals surface area contributed by atoms with Crippen molar-refractivity contribution in [3.05, 3.63) is 70.0 Å². The molecule has 0 amide bonds. The number of para-hydroxylation sites is 1. The van der Waals surface area contributed by atoms with Gasteiger partial charge in [-0.1, -0.05) is 42.1 Å². The van der Waals surface area contributed by atoms with Crippen molar-refractivity contribution in [3.63, 3.8) is 0 Å². The topological polar surface area (TPSA) is 99.9 Å². The predicted octanol–water partition coefficient (Wildman–Crippen LogP) is 3.00. The van der Waals surface area contributed by atoms with Gasteiger partial charge >= 0.3 is 0 Å². The largest absolute Gasteiger partial charge is 0.335 e. The number of rotatable bonds is 5. The van der Waals surface area contributed by atoms with Crippen molar-refractivity contribution in [1.29, 1.82) is 0 Å². The lowest BCUT2D eigenvalue weighted by Crippen LogP contribution is -2.12. The van der Waals surface area contributed by atoms with Crippen molar-refractivity contribution in [1.82, 2.24) is 14.9 Å². The van der Waals surface area contributed by atoms with E-state index in [1.54, 1.807) is 36.4 Å². The number of hydrogen-bond acceptors (Lipinski definition) is 6. The summed E-state index contributed by atoms with van der Waals surface area (Å²) in [4.78, 5) is 10.6. The minimum Gasteiger partial charge on any atom is -0.335 e. The number of halogens is 1. The quantitative estimate of drug-likeness (QED) is 0.330. The van der Waals surface area contributed by atoms with E-state index in [9.17, 15) is 14.5 Å². The van der Waals surface area contributed by atoms with E-state index in [2.05, 4.69) is 10.2 Å². The molecule has 3 rings (SSSR count). The summed E-state index contributed by atoms with van der Waals surface area (Å²) in [6.45, 7) is 0. The van der Waals surface area contributed by atoms with Crippen molar-refractivity contribution in [2.45, 2.75) is 10.9 Å². The van der Waals surface area contributed by atoms with Crippen molar-refractivity contribution in [3.8, 4) is 11.4 Å². The molecule has 2 N–H and O–H groups in total. The second-order valence-electron chi connectivity index (χ2n) is 4.83. The SMILES string of the molecule is Nn1c(SCc2ccccc2[N+](=O)[O-])nnc1-c1ccccc1F. The molecule has 0 spiro atoms. The summed E-state index contributed by atoms with van der Waals surface area (Å²) in [5.41, 5.74) is 0.815. The Morgan fingerprint density at radius 2 is 1.88 bits per heavy atom. The zero-order valence-corrected chi connectivity index (χ0v) is 13.1. The predicted molar refractivity (Wildman–Crippen MR) is 88.2 cm³/mol. The summed E-state index contributed by atoms with van der Waals surface area (Å²) in [7, 11) is 0. The van der Waals surface area contributed by atoms with Gasteiger partial charge in [0.1, 0.15) is 5.82 Å². The van der Waals surface area contributed by atoms with Crippen LogP contribution in [-0.2, 0) is 5.75 Å². The molecule has 122 valence electrons. The molecule has 1 aromatic heterocycles. The van der Waals surface area contributed by atoms with Crippen LogP contribution in [0, 0.1) is 15.9 Å². The third-order valence-corrected chi connectivity index (χ3v) is 4.32. The van der Waals surface area contributed by atoms with E-state index in [0.29, 0.717) is 16.5 Å². The van der Waals surface area contributed by atoms with Gasteiger partial charge in [-0.2, -0.15) is 0 Å². The Kier molecular flexibility index (Phi) is 4.43. The zero-order valence-electron chi connectivity index (χ0n) is 12.3. The second-order valence-corrected chi connectivity index (χ2v) is 5.77. The number of hydrogen-bond donors (Lipinski definition) is 1. The third kappa shape index (κ3) is 3.06. The van der Waals surface area contributed by atoms with Crippen LogP contribution in [0.25, 0.3) is 11.4 Å². The van der Waals surface area contributed by atoms with E-state index >= 15 is 0 Å². The number of benzene rings is 2. The maximum atomic E-state index is 13.8. The first-order valence-electron chi connectivity index (χ1n) is 6.88. The highest BCUT2D eigenvalue weighted by molar-refractivity contribution is 7.98. The van der Waals surface area contributed by atoms with Crippen LogP contribution in [0.2, 0.25) is 0 Å². The molecule has 24 heavy (non-hydrogen) atoms. The lowest BCUT2D eigenvalue weighted by atomic mass is 10.2. The van der Waals surface area contributed by atoms with Crippen LogP contribution in [0.4, 0.5) is 10.1 Å². The number of nitro groups is 1. The third-order valence-electron chi connectivity index (χ3n) is 3.32. The summed E-state index contributed by atoms with van der Waals surface area (Å²) >= 11 is 1.19. The van der Waals surface area contributed by atoms with Crippen LogP contribution < -0.4 is 5.84 Å². The highest BCUT2D eigenvalue weighted by atomic mass is 32.2. The fraction of sp³-hybridized carbons (Fsp3) is 0.0667. The molecule has 3 aromatic rings. The van der Waals surface area contributed by atoms with Crippen molar-refractivity contribution < 1.29 is 9.31 Å². The Morgan fingerprint density at radius 1 is 1.17 bits per heavy atom. The van der Waals surface area contributed by atoms with Crippen LogP contribution in [-0.4, -0.2) is 19.8 Å². The molecule has 0 aliphatic rings. The number of nitro benzene ring substituents is 1. The average molecular weight is 345 g/mol. The molecule has 0 atom stereocenters. The smallest absolute Gasteiger partial charge is 0.273 e. The van der Waals surface area contributed by atoms with Gasteiger partial charge in [-0.05, 0) is 12.1 Å². The van der Waals surface area contributed by atoms with E-state index < -0.39 is 10.7 Å². The van der Waals surface area contributed by atoms with E-state index in [0.717, 1.165) is 0 Å². The summed E-state index contributed by atoms with van der Waals surface area (Å²) in [6.07, 6.45) is 0. The molecule has 0 saturated heterocycles. The van der Waals surface area contributed by atoms with E-state index in [4.69, 9.17) is 5.84 Å². The molecule has 0 saturated carbocycles. The number of nitrogens with zero attached hydrogens (tertiary/aromatic N) is 4. The summed E-state index contributed by atoms with van der Waals surface area (Å²) in [5.74, 6) is 5.97. The highest BCUT2D eigenvalue weighted by Gasteiger charge is 2.17. The van der Waals surface area contributed by atoms with Crippen LogP contribution >= 0.6 is 11.8 Å². The highest BCUT2D eigenvalue weighted by Crippen LogP contribution is 2.28. The first-order chi connectivity index (χ1) is 11.6. The summed E-state index contributed by atoms with van der Waals surface area (Å²) in [6, 6.07) is 12.5. The number of nitrogen functional groups attached to an aromatic ring is 1. The Bertz CT molecular complexity index is 899. The molecular weight excluding hydrogens is 333 g/mol. The van der Waals surface area contributed by atoms with E-state index in [1.807, 2.05) is 0 Å². The zero-order chi connectivity index (χ0) is 17.1. The standard InChI is InChI=1S/C15H12FN5O2S/c16-12-7-3-2-6-11(12)14-18-19-15(20(14)17)24-9-10-5-1-4-8-13(10)21(22)23/h1-8H,9,17H2. The molecule has 0 radical (unpaired) electrons. The Labute approximate surface area is 140 Å².